The number of piperidine rings is 1. The Balaban J connectivity index is 1.99. The second-order valence-corrected chi connectivity index (χ2v) is 6.45. The topological polar surface area (TPSA) is 45.2 Å². The number of aromatic nitrogens is 1. The summed E-state index contributed by atoms with van der Waals surface area (Å²) < 4.78 is 1.04. The Kier molecular flexibility index (Phi) is 4.18. The van der Waals surface area contributed by atoms with Crippen LogP contribution in [0.3, 0.4) is 0 Å². The van der Waals surface area contributed by atoms with Crippen LogP contribution in [0.5, 0.6) is 0 Å². The number of carbonyl (C=O) groups excluding carboxylic acids is 1. The van der Waals surface area contributed by atoms with Crippen LogP contribution in [0.2, 0.25) is 4.34 Å². The summed E-state index contributed by atoms with van der Waals surface area (Å²) in [5.74, 6) is -0.228. The van der Waals surface area contributed by atoms with Crippen LogP contribution in [-0.2, 0) is 0 Å². The van der Waals surface area contributed by atoms with Gasteiger partial charge in [0.2, 0.25) is 0 Å². The molecular formula is C9H11BrClN3OS. The minimum atomic E-state index is -0.228. The zero-order chi connectivity index (χ0) is 11.5. The van der Waals surface area contributed by atoms with Crippen LogP contribution < -0.4 is 5.43 Å². The molecule has 0 saturated carbocycles. The Morgan fingerprint density at radius 2 is 2.12 bits per heavy atom. The molecule has 0 unspecified atom stereocenters. The highest BCUT2D eigenvalue weighted by Crippen LogP contribution is 2.27. The van der Waals surface area contributed by atoms with Crippen molar-refractivity contribution in [2.75, 3.05) is 13.1 Å². The van der Waals surface area contributed by atoms with Gasteiger partial charge in [-0.2, -0.15) is 0 Å². The Morgan fingerprint density at radius 3 is 2.69 bits per heavy atom. The van der Waals surface area contributed by atoms with Crippen molar-refractivity contribution in [1.29, 1.82) is 0 Å². The summed E-state index contributed by atoms with van der Waals surface area (Å²) in [4.78, 5) is 15.9. The van der Waals surface area contributed by atoms with E-state index >= 15 is 0 Å². The molecule has 2 rings (SSSR count). The molecule has 4 nitrogen and oxygen atoms in total. The fraction of sp³-hybridized carbons (Fsp3) is 0.556. The number of hydrazine groups is 1. The van der Waals surface area contributed by atoms with Gasteiger partial charge < -0.3 is 0 Å². The highest BCUT2D eigenvalue weighted by molar-refractivity contribution is 9.11. The summed E-state index contributed by atoms with van der Waals surface area (Å²) in [7, 11) is 0. The van der Waals surface area contributed by atoms with Crippen molar-refractivity contribution < 1.29 is 4.79 Å². The smallest absolute Gasteiger partial charge is 0.283 e. The highest BCUT2D eigenvalue weighted by atomic mass is 79.9. The van der Waals surface area contributed by atoms with Gasteiger partial charge in [0.1, 0.15) is 4.34 Å². The molecular weight excluding hydrogens is 314 g/mol. The number of halogens is 2. The van der Waals surface area contributed by atoms with Gasteiger partial charge in [-0.1, -0.05) is 29.4 Å². The lowest BCUT2D eigenvalue weighted by Crippen LogP contribution is -2.45. The van der Waals surface area contributed by atoms with Crippen LogP contribution in [0.15, 0.2) is 3.92 Å². The number of amides is 1. The summed E-state index contributed by atoms with van der Waals surface area (Å²) in [5, 5.41) is 1.93. The van der Waals surface area contributed by atoms with Crippen LogP contribution in [0.1, 0.15) is 29.8 Å². The third-order valence-corrected chi connectivity index (χ3v) is 4.10. The molecule has 16 heavy (non-hydrogen) atoms. The third kappa shape index (κ3) is 2.94. The molecule has 1 amide bonds. The van der Waals surface area contributed by atoms with E-state index in [2.05, 4.69) is 26.3 Å². The maximum Gasteiger partial charge on any atom is 0.286 e. The molecule has 0 radical (unpaired) electrons. The van der Waals surface area contributed by atoms with Gasteiger partial charge in [0, 0.05) is 13.1 Å². The first kappa shape index (κ1) is 12.3. The number of hydrogen-bond acceptors (Lipinski definition) is 4. The van der Waals surface area contributed by atoms with Gasteiger partial charge in [0.15, 0.2) is 9.61 Å². The van der Waals surface area contributed by atoms with E-state index in [0.717, 1.165) is 25.9 Å². The van der Waals surface area contributed by atoms with Crippen LogP contribution >= 0.6 is 38.9 Å². The summed E-state index contributed by atoms with van der Waals surface area (Å²) in [5.41, 5.74) is 3.12. The van der Waals surface area contributed by atoms with Crippen LogP contribution in [-0.4, -0.2) is 29.0 Å². The Labute approximate surface area is 111 Å². The van der Waals surface area contributed by atoms with E-state index in [0.29, 0.717) is 13.9 Å². The number of nitrogens with one attached hydrogen (secondary N) is 1. The monoisotopic (exact) mass is 323 g/mol. The van der Waals surface area contributed by atoms with E-state index in [1.165, 1.54) is 17.8 Å². The largest absolute Gasteiger partial charge is 0.286 e. The number of nitrogens with zero attached hydrogens (tertiary/aromatic N) is 2. The number of rotatable bonds is 2. The molecule has 0 aliphatic carbocycles. The summed E-state index contributed by atoms with van der Waals surface area (Å²) in [6.07, 6.45) is 3.47. The molecule has 0 atom stereocenters. The first-order valence-corrected chi connectivity index (χ1v) is 7.03. The van der Waals surface area contributed by atoms with E-state index in [-0.39, 0.29) is 5.91 Å². The van der Waals surface area contributed by atoms with Gasteiger partial charge in [-0.15, -0.1) is 0 Å². The normalized spacial score (nSPS) is 17.4. The molecule has 1 aromatic rings. The molecule has 1 aliphatic rings. The highest BCUT2D eigenvalue weighted by Gasteiger charge is 2.19. The molecule has 0 spiro atoms. The lowest BCUT2D eigenvalue weighted by molar-refractivity contribution is 0.0745. The lowest BCUT2D eigenvalue weighted by atomic mass is 10.2. The quantitative estimate of drug-likeness (QED) is 0.910. The fourth-order valence-electron chi connectivity index (χ4n) is 1.62. The molecule has 2 heterocycles. The molecule has 7 heteroatoms. The van der Waals surface area contributed by atoms with Crippen molar-refractivity contribution >= 4 is 44.8 Å². The van der Waals surface area contributed by atoms with E-state index in [1.54, 1.807) is 0 Å². The molecule has 1 fully saturated rings. The zero-order valence-electron chi connectivity index (χ0n) is 8.50. The molecule has 1 N–H and O–H groups in total. The second-order valence-electron chi connectivity index (χ2n) is 3.58. The first-order valence-electron chi connectivity index (χ1n) is 5.04. The number of thiazole rings is 1. The van der Waals surface area contributed by atoms with Gasteiger partial charge in [0.25, 0.3) is 5.91 Å². The minimum Gasteiger partial charge on any atom is -0.283 e. The van der Waals surface area contributed by atoms with E-state index < -0.39 is 0 Å². The predicted octanol–water partition coefficient (Wildman–Crippen LogP) is 2.69. The molecule has 88 valence electrons. The van der Waals surface area contributed by atoms with E-state index in [9.17, 15) is 4.79 Å². The molecule has 0 aromatic carbocycles. The molecule has 1 aliphatic heterocycles. The maximum atomic E-state index is 11.8. The van der Waals surface area contributed by atoms with Crippen molar-refractivity contribution in [2.45, 2.75) is 19.3 Å². The van der Waals surface area contributed by atoms with E-state index in [1.807, 2.05) is 5.01 Å². The Bertz CT molecular complexity index is 392. The standard InChI is InChI=1S/C9H11BrClN3OS/c10-9-12-6(7(11)16-9)8(15)13-14-4-2-1-3-5-14/h1-5H2,(H,13,15). The fourth-order valence-corrected chi connectivity index (χ4v) is 3.43. The Hall–Kier alpha value is -0.170. The number of carbonyl (C=O) groups is 1. The van der Waals surface area contributed by atoms with Gasteiger partial charge >= 0.3 is 0 Å². The van der Waals surface area contributed by atoms with Gasteiger partial charge in [-0.3, -0.25) is 10.2 Å². The Morgan fingerprint density at radius 1 is 1.44 bits per heavy atom. The van der Waals surface area contributed by atoms with E-state index in [4.69, 9.17) is 11.6 Å². The minimum absolute atomic E-state index is 0.228. The van der Waals surface area contributed by atoms with Gasteiger partial charge in [-0.05, 0) is 28.8 Å². The first-order chi connectivity index (χ1) is 7.66. The second kappa shape index (κ2) is 5.44. The molecule has 0 bridgehead atoms. The average molecular weight is 325 g/mol. The molecule has 1 aromatic heterocycles. The van der Waals surface area contributed by atoms with Crippen LogP contribution in [0.4, 0.5) is 0 Å². The van der Waals surface area contributed by atoms with Crippen LogP contribution in [0.25, 0.3) is 0 Å². The van der Waals surface area contributed by atoms with Crippen molar-refractivity contribution in [3.8, 4) is 0 Å². The third-order valence-electron chi connectivity index (χ3n) is 2.39. The molecule has 1 saturated heterocycles. The maximum absolute atomic E-state index is 11.8. The van der Waals surface area contributed by atoms with Crippen molar-refractivity contribution in [2.24, 2.45) is 0 Å². The average Bonchev–Trinajstić information content (AvgIpc) is 2.59. The summed E-state index contributed by atoms with van der Waals surface area (Å²) in [6, 6.07) is 0. The lowest BCUT2D eigenvalue weighted by Gasteiger charge is -2.26. The zero-order valence-corrected chi connectivity index (χ0v) is 11.7. The van der Waals surface area contributed by atoms with Crippen molar-refractivity contribution in [1.82, 2.24) is 15.4 Å². The van der Waals surface area contributed by atoms with Crippen LogP contribution in [0, 0.1) is 0 Å². The predicted molar refractivity (Wildman–Crippen MR) is 67.7 cm³/mol. The van der Waals surface area contributed by atoms with Crippen molar-refractivity contribution in [3.63, 3.8) is 0 Å². The van der Waals surface area contributed by atoms with Gasteiger partial charge in [0.05, 0.1) is 0 Å². The SMILES string of the molecule is O=C(NN1CCCCC1)c1nc(Br)sc1Cl. The van der Waals surface area contributed by atoms with Crippen molar-refractivity contribution in [3.05, 3.63) is 13.9 Å². The summed E-state index contributed by atoms with van der Waals surface area (Å²) in [6.45, 7) is 1.79. The van der Waals surface area contributed by atoms with Gasteiger partial charge in [-0.25, -0.2) is 9.99 Å². The number of hydrogen-bond donors (Lipinski definition) is 1. The summed E-state index contributed by atoms with van der Waals surface area (Å²) >= 11 is 10.4.